The average Bonchev–Trinajstić information content (AvgIpc) is 2.58. The number of nitrogens with zero attached hydrogens (tertiary/aromatic N) is 1. The van der Waals surface area contributed by atoms with Gasteiger partial charge in [0.25, 0.3) is 0 Å². The van der Waals surface area contributed by atoms with E-state index >= 15 is 0 Å². The van der Waals surface area contributed by atoms with E-state index in [0.29, 0.717) is 24.3 Å². The van der Waals surface area contributed by atoms with Gasteiger partial charge in [0.2, 0.25) is 0 Å². The molecule has 0 aliphatic heterocycles. The molecule has 1 aromatic carbocycles. The number of hydrogen-bond donors (Lipinski definition) is 0. The van der Waals surface area contributed by atoms with Crippen LogP contribution in [0.2, 0.25) is 0 Å². The molecule has 0 bridgehead atoms. The highest BCUT2D eigenvalue weighted by molar-refractivity contribution is 9.10. The zero-order chi connectivity index (χ0) is 20.2. The minimum Gasteiger partial charge on any atom is -0.466 e. The Bertz CT molecular complexity index is 855. The van der Waals surface area contributed by atoms with Gasteiger partial charge in [0.15, 0.2) is 0 Å². The normalized spacial score (nSPS) is 11.5. The van der Waals surface area contributed by atoms with Gasteiger partial charge in [-0.15, -0.1) is 0 Å². The van der Waals surface area contributed by atoms with Gasteiger partial charge in [-0.05, 0) is 38.0 Å². The van der Waals surface area contributed by atoms with E-state index in [1.165, 1.54) is 0 Å². The standard InChI is InChI=1S/C21H26BrNO4/c1-6-26-16(24)12-11-13-17-14(22)9-8-10-15(17)23-19(21(3,4)5)18(13)20(25)27-7-2/h8-10H,6-7,11-12H2,1-5H3. The molecular formula is C21H26BrNO4. The van der Waals surface area contributed by atoms with E-state index in [4.69, 9.17) is 14.5 Å². The number of rotatable bonds is 6. The Morgan fingerprint density at radius 2 is 1.78 bits per heavy atom. The molecule has 0 fully saturated rings. The largest absolute Gasteiger partial charge is 0.466 e. The molecule has 0 amide bonds. The minimum absolute atomic E-state index is 0.185. The van der Waals surface area contributed by atoms with E-state index in [-0.39, 0.29) is 24.4 Å². The third-order valence-corrected chi connectivity index (χ3v) is 4.80. The predicted octanol–water partition coefficient (Wildman–Crippen LogP) is 4.97. The molecule has 6 heteroatoms. The summed E-state index contributed by atoms with van der Waals surface area (Å²) < 4.78 is 11.2. The van der Waals surface area contributed by atoms with Crippen LogP contribution < -0.4 is 0 Å². The van der Waals surface area contributed by atoms with Crippen molar-refractivity contribution in [2.45, 2.75) is 52.9 Å². The minimum atomic E-state index is -0.411. The van der Waals surface area contributed by atoms with Gasteiger partial charge in [-0.25, -0.2) is 4.79 Å². The summed E-state index contributed by atoms with van der Waals surface area (Å²) in [5, 5.41) is 0.831. The SMILES string of the molecule is CCOC(=O)CCc1c(C(=O)OCC)c(C(C)(C)C)nc2cccc(Br)c12. The second-order valence-corrected chi connectivity index (χ2v) is 8.08. The number of aromatic nitrogens is 1. The van der Waals surface area contributed by atoms with Gasteiger partial charge in [0, 0.05) is 21.7 Å². The third-order valence-electron chi connectivity index (χ3n) is 4.14. The molecule has 1 heterocycles. The van der Waals surface area contributed by atoms with Crippen LogP contribution in [0.4, 0.5) is 0 Å². The summed E-state index contributed by atoms with van der Waals surface area (Å²) in [7, 11) is 0. The van der Waals surface area contributed by atoms with Gasteiger partial charge in [-0.3, -0.25) is 9.78 Å². The molecule has 0 aliphatic rings. The van der Waals surface area contributed by atoms with E-state index < -0.39 is 5.97 Å². The van der Waals surface area contributed by atoms with Crippen LogP contribution in [0.25, 0.3) is 10.9 Å². The van der Waals surface area contributed by atoms with Crippen LogP contribution in [-0.2, 0) is 26.1 Å². The fraction of sp³-hybridized carbons (Fsp3) is 0.476. The van der Waals surface area contributed by atoms with Crippen molar-refractivity contribution >= 4 is 38.8 Å². The maximum atomic E-state index is 12.9. The summed E-state index contributed by atoms with van der Waals surface area (Å²) in [6, 6.07) is 5.73. The van der Waals surface area contributed by atoms with Crippen molar-refractivity contribution in [2.75, 3.05) is 13.2 Å². The van der Waals surface area contributed by atoms with E-state index in [1.807, 2.05) is 39.0 Å². The van der Waals surface area contributed by atoms with Crippen molar-refractivity contribution in [3.63, 3.8) is 0 Å². The first kappa shape index (κ1) is 21.4. The maximum absolute atomic E-state index is 12.9. The molecule has 0 spiro atoms. The zero-order valence-electron chi connectivity index (χ0n) is 16.5. The second-order valence-electron chi connectivity index (χ2n) is 7.22. The van der Waals surface area contributed by atoms with Gasteiger partial charge in [-0.2, -0.15) is 0 Å². The highest BCUT2D eigenvalue weighted by atomic mass is 79.9. The number of carbonyl (C=O) groups excluding carboxylic acids is 2. The third kappa shape index (κ3) is 4.86. The summed E-state index contributed by atoms with van der Waals surface area (Å²) in [5.74, 6) is -0.701. The highest BCUT2D eigenvalue weighted by Crippen LogP contribution is 2.35. The van der Waals surface area contributed by atoms with Gasteiger partial charge >= 0.3 is 11.9 Å². The lowest BCUT2D eigenvalue weighted by molar-refractivity contribution is -0.143. The summed E-state index contributed by atoms with van der Waals surface area (Å²) >= 11 is 3.57. The van der Waals surface area contributed by atoms with Crippen LogP contribution in [0, 0.1) is 0 Å². The molecule has 0 atom stereocenters. The Balaban J connectivity index is 2.76. The molecule has 0 radical (unpaired) electrons. The van der Waals surface area contributed by atoms with Crippen molar-refractivity contribution in [1.82, 2.24) is 4.98 Å². The summed E-state index contributed by atoms with van der Waals surface area (Å²) in [4.78, 5) is 29.6. The number of esters is 2. The van der Waals surface area contributed by atoms with Gasteiger partial charge in [0.05, 0.1) is 30.0 Å². The van der Waals surface area contributed by atoms with Crippen molar-refractivity contribution in [3.8, 4) is 0 Å². The topological polar surface area (TPSA) is 65.5 Å². The van der Waals surface area contributed by atoms with E-state index in [0.717, 1.165) is 20.9 Å². The molecule has 0 unspecified atom stereocenters. The number of ether oxygens (including phenoxy) is 2. The van der Waals surface area contributed by atoms with Crippen LogP contribution in [-0.4, -0.2) is 30.1 Å². The molecular weight excluding hydrogens is 410 g/mol. The Morgan fingerprint density at radius 3 is 2.37 bits per heavy atom. The first-order chi connectivity index (χ1) is 12.7. The lowest BCUT2D eigenvalue weighted by Crippen LogP contribution is -2.23. The second kappa shape index (κ2) is 8.83. The number of halogens is 1. The Labute approximate surface area is 168 Å². The van der Waals surface area contributed by atoms with Crippen molar-refractivity contribution in [2.24, 2.45) is 0 Å². The average molecular weight is 436 g/mol. The number of fused-ring (bicyclic) bond motifs is 1. The monoisotopic (exact) mass is 435 g/mol. The number of aryl methyl sites for hydroxylation is 1. The number of carbonyl (C=O) groups is 2. The molecule has 0 saturated carbocycles. The molecule has 146 valence electrons. The smallest absolute Gasteiger partial charge is 0.340 e. The van der Waals surface area contributed by atoms with Gasteiger partial charge in [0.1, 0.15) is 0 Å². The summed E-state index contributed by atoms with van der Waals surface area (Å²) in [6.07, 6.45) is 0.558. The maximum Gasteiger partial charge on any atom is 0.340 e. The van der Waals surface area contributed by atoms with Crippen molar-refractivity contribution in [1.29, 1.82) is 0 Å². The Morgan fingerprint density at radius 1 is 1.11 bits per heavy atom. The van der Waals surface area contributed by atoms with Crippen LogP contribution in [0.1, 0.15) is 62.7 Å². The highest BCUT2D eigenvalue weighted by Gasteiger charge is 2.29. The lowest BCUT2D eigenvalue weighted by atomic mass is 9.84. The lowest BCUT2D eigenvalue weighted by Gasteiger charge is -2.24. The molecule has 27 heavy (non-hydrogen) atoms. The van der Waals surface area contributed by atoms with Gasteiger partial charge in [-0.1, -0.05) is 42.8 Å². The van der Waals surface area contributed by atoms with E-state index in [9.17, 15) is 9.59 Å². The number of hydrogen-bond acceptors (Lipinski definition) is 5. The Hall–Kier alpha value is -1.95. The fourth-order valence-electron chi connectivity index (χ4n) is 3.03. The molecule has 2 rings (SSSR count). The molecule has 5 nitrogen and oxygen atoms in total. The molecule has 0 saturated heterocycles. The van der Waals surface area contributed by atoms with Crippen LogP contribution >= 0.6 is 15.9 Å². The fourth-order valence-corrected chi connectivity index (χ4v) is 3.62. The quantitative estimate of drug-likeness (QED) is 0.599. The summed E-state index contributed by atoms with van der Waals surface area (Å²) in [6.45, 7) is 10.2. The number of pyridine rings is 1. The number of benzene rings is 1. The molecule has 0 N–H and O–H groups in total. The van der Waals surface area contributed by atoms with Crippen molar-refractivity contribution in [3.05, 3.63) is 39.5 Å². The first-order valence-corrected chi connectivity index (χ1v) is 9.94. The van der Waals surface area contributed by atoms with Crippen LogP contribution in [0.15, 0.2) is 22.7 Å². The first-order valence-electron chi connectivity index (χ1n) is 9.15. The van der Waals surface area contributed by atoms with Crippen LogP contribution in [0.3, 0.4) is 0 Å². The van der Waals surface area contributed by atoms with E-state index in [1.54, 1.807) is 13.8 Å². The molecule has 2 aromatic rings. The van der Waals surface area contributed by atoms with Crippen molar-refractivity contribution < 1.29 is 19.1 Å². The summed E-state index contributed by atoms with van der Waals surface area (Å²) in [5.41, 5.74) is 2.31. The Kier molecular flexibility index (Phi) is 6.98. The van der Waals surface area contributed by atoms with E-state index in [2.05, 4.69) is 15.9 Å². The molecule has 0 aliphatic carbocycles. The zero-order valence-corrected chi connectivity index (χ0v) is 18.1. The van der Waals surface area contributed by atoms with Crippen LogP contribution in [0.5, 0.6) is 0 Å². The molecule has 1 aromatic heterocycles. The van der Waals surface area contributed by atoms with Gasteiger partial charge < -0.3 is 9.47 Å². The predicted molar refractivity (Wildman–Crippen MR) is 109 cm³/mol.